The normalized spacial score (nSPS) is 10.6. The summed E-state index contributed by atoms with van der Waals surface area (Å²) >= 11 is 2.99. The number of hydrogen-bond acceptors (Lipinski definition) is 6. The van der Waals surface area contributed by atoms with Gasteiger partial charge in [0.05, 0.1) is 17.8 Å². The molecule has 0 saturated carbocycles. The molecule has 1 N–H and O–H groups in total. The van der Waals surface area contributed by atoms with Crippen molar-refractivity contribution in [2.75, 3.05) is 18.2 Å². The van der Waals surface area contributed by atoms with Crippen LogP contribution in [0.1, 0.15) is 22.8 Å². The molecule has 0 saturated heterocycles. The lowest BCUT2D eigenvalue weighted by molar-refractivity contribution is 0.102. The van der Waals surface area contributed by atoms with Gasteiger partial charge in [-0.3, -0.25) is 10.1 Å². The van der Waals surface area contributed by atoms with Crippen LogP contribution in [0.4, 0.5) is 5.13 Å². The van der Waals surface area contributed by atoms with Crippen LogP contribution in [0.3, 0.4) is 0 Å². The second kappa shape index (κ2) is 8.33. The minimum atomic E-state index is -0.192. The first-order valence-electron chi connectivity index (χ1n) is 8.11. The molecule has 7 heteroatoms. The molecule has 26 heavy (non-hydrogen) atoms. The number of thiazole rings is 1. The fourth-order valence-electron chi connectivity index (χ4n) is 2.42. The number of nitrogens with zero attached hydrogens (tertiary/aromatic N) is 2. The molecule has 2 aromatic heterocycles. The number of thioether (sulfide) groups is 1. The Kier molecular flexibility index (Phi) is 5.90. The minimum Gasteiger partial charge on any atom is -0.496 e. The summed E-state index contributed by atoms with van der Waals surface area (Å²) in [6, 6.07) is 9.43. The highest BCUT2D eigenvalue weighted by Gasteiger charge is 2.13. The lowest BCUT2D eigenvalue weighted by atomic mass is 10.1. The summed E-state index contributed by atoms with van der Waals surface area (Å²) in [5.41, 5.74) is 3.38. The molecule has 0 bridgehead atoms. The number of aryl methyl sites for hydroxylation is 1. The predicted molar refractivity (Wildman–Crippen MR) is 107 cm³/mol. The van der Waals surface area contributed by atoms with E-state index in [0.29, 0.717) is 10.7 Å². The number of ether oxygens (including phenoxy) is 1. The zero-order valence-corrected chi connectivity index (χ0v) is 16.4. The maximum Gasteiger partial charge on any atom is 0.257 e. The monoisotopic (exact) mass is 385 g/mol. The number of nitrogens with one attached hydrogen (secondary N) is 1. The van der Waals surface area contributed by atoms with Gasteiger partial charge in [0.1, 0.15) is 5.75 Å². The summed E-state index contributed by atoms with van der Waals surface area (Å²) in [6.45, 7) is 4.07. The number of pyridine rings is 1. The maximum atomic E-state index is 12.5. The van der Waals surface area contributed by atoms with E-state index in [2.05, 4.69) is 22.2 Å². The number of benzene rings is 1. The van der Waals surface area contributed by atoms with Crippen molar-refractivity contribution in [3.05, 3.63) is 53.0 Å². The van der Waals surface area contributed by atoms with Gasteiger partial charge in [0, 0.05) is 22.7 Å². The first-order chi connectivity index (χ1) is 12.6. The highest BCUT2D eigenvalue weighted by Crippen LogP contribution is 2.33. The van der Waals surface area contributed by atoms with E-state index in [1.807, 2.05) is 30.5 Å². The number of methoxy groups -OCH3 is 1. The quantitative estimate of drug-likeness (QED) is 0.612. The van der Waals surface area contributed by atoms with E-state index in [-0.39, 0.29) is 5.91 Å². The Hall–Kier alpha value is -2.38. The van der Waals surface area contributed by atoms with Crippen molar-refractivity contribution in [3.8, 4) is 17.0 Å². The number of amides is 1. The van der Waals surface area contributed by atoms with Crippen molar-refractivity contribution in [2.45, 2.75) is 18.9 Å². The highest BCUT2D eigenvalue weighted by atomic mass is 32.2. The molecule has 0 aliphatic rings. The van der Waals surface area contributed by atoms with Gasteiger partial charge in [-0.05, 0) is 36.9 Å². The predicted octanol–water partition coefficient (Wildman–Crippen LogP) is 4.89. The molecule has 0 radical (unpaired) electrons. The first kappa shape index (κ1) is 18.4. The van der Waals surface area contributed by atoms with Crippen LogP contribution in [0.25, 0.3) is 11.3 Å². The minimum absolute atomic E-state index is 0.192. The topological polar surface area (TPSA) is 64.1 Å². The summed E-state index contributed by atoms with van der Waals surface area (Å²) in [4.78, 5) is 21.3. The average molecular weight is 386 g/mol. The van der Waals surface area contributed by atoms with Gasteiger partial charge in [-0.1, -0.05) is 18.6 Å². The number of carbonyl (C=O) groups excluding carboxylic acids is 1. The summed E-state index contributed by atoms with van der Waals surface area (Å²) in [6.07, 6.45) is 1.65. The van der Waals surface area contributed by atoms with E-state index in [9.17, 15) is 4.79 Å². The smallest absolute Gasteiger partial charge is 0.257 e. The van der Waals surface area contributed by atoms with Gasteiger partial charge >= 0.3 is 0 Å². The van der Waals surface area contributed by atoms with Crippen molar-refractivity contribution in [3.63, 3.8) is 0 Å². The fourth-order valence-corrected chi connectivity index (χ4v) is 3.77. The van der Waals surface area contributed by atoms with Gasteiger partial charge < -0.3 is 4.74 Å². The molecule has 0 aliphatic carbocycles. The average Bonchev–Trinajstić information content (AvgIpc) is 3.10. The molecule has 0 unspecified atom stereocenters. The number of anilines is 1. The standard InChI is InChI=1S/C19H19N3O2S2/c1-4-25-17-10-13(7-8-20-17)18(23)22-19-21-15(11-26-19)14-9-12(2)5-6-16(14)24-3/h5-11H,4H2,1-3H3,(H,21,22,23). The van der Waals surface area contributed by atoms with Gasteiger partial charge in [-0.2, -0.15) is 0 Å². The zero-order chi connectivity index (χ0) is 18.5. The number of aromatic nitrogens is 2. The van der Waals surface area contributed by atoms with E-state index < -0.39 is 0 Å². The van der Waals surface area contributed by atoms with Crippen molar-refractivity contribution >= 4 is 34.1 Å². The summed E-state index contributed by atoms with van der Waals surface area (Å²) in [7, 11) is 1.64. The third kappa shape index (κ3) is 4.23. The van der Waals surface area contributed by atoms with Crippen LogP contribution >= 0.6 is 23.1 Å². The van der Waals surface area contributed by atoms with E-state index in [4.69, 9.17) is 4.74 Å². The zero-order valence-electron chi connectivity index (χ0n) is 14.8. The van der Waals surface area contributed by atoms with Gasteiger partial charge in [-0.15, -0.1) is 23.1 Å². The Morgan fingerprint density at radius 2 is 2.15 bits per heavy atom. The molecule has 134 valence electrons. The summed E-state index contributed by atoms with van der Waals surface area (Å²) in [5, 5.41) is 6.16. The van der Waals surface area contributed by atoms with E-state index in [1.165, 1.54) is 11.3 Å². The van der Waals surface area contributed by atoms with Gasteiger partial charge in [-0.25, -0.2) is 9.97 Å². The van der Waals surface area contributed by atoms with Crippen molar-refractivity contribution in [1.82, 2.24) is 9.97 Å². The number of rotatable bonds is 6. The molecule has 1 aromatic carbocycles. The second-order valence-electron chi connectivity index (χ2n) is 5.51. The van der Waals surface area contributed by atoms with Crippen LogP contribution in [0.5, 0.6) is 5.75 Å². The van der Waals surface area contributed by atoms with Crippen molar-refractivity contribution in [2.24, 2.45) is 0 Å². The van der Waals surface area contributed by atoms with Crippen molar-refractivity contribution < 1.29 is 9.53 Å². The highest BCUT2D eigenvalue weighted by molar-refractivity contribution is 7.99. The van der Waals surface area contributed by atoms with Crippen LogP contribution in [0, 0.1) is 6.92 Å². The Labute approximate surface area is 160 Å². The van der Waals surface area contributed by atoms with Crippen molar-refractivity contribution in [1.29, 1.82) is 0 Å². The molecule has 0 fully saturated rings. The van der Waals surface area contributed by atoms with Crippen LogP contribution in [-0.2, 0) is 0 Å². The lowest BCUT2D eigenvalue weighted by Gasteiger charge is -2.07. The first-order valence-corrected chi connectivity index (χ1v) is 9.98. The van der Waals surface area contributed by atoms with Crippen LogP contribution < -0.4 is 10.1 Å². The van der Waals surface area contributed by atoms with Crippen LogP contribution in [0.15, 0.2) is 46.9 Å². The van der Waals surface area contributed by atoms with Crippen LogP contribution in [0.2, 0.25) is 0 Å². The number of hydrogen-bond donors (Lipinski definition) is 1. The Balaban J connectivity index is 1.79. The van der Waals surface area contributed by atoms with E-state index in [1.54, 1.807) is 37.2 Å². The molecule has 3 rings (SSSR count). The van der Waals surface area contributed by atoms with Gasteiger partial charge in [0.25, 0.3) is 5.91 Å². The molecule has 1 amide bonds. The maximum absolute atomic E-state index is 12.5. The third-order valence-corrected chi connectivity index (χ3v) is 5.21. The molecule has 3 aromatic rings. The Morgan fingerprint density at radius 1 is 1.31 bits per heavy atom. The fraction of sp³-hybridized carbons (Fsp3) is 0.211. The second-order valence-corrected chi connectivity index (χ2v) is 7.65. The SMILES string of the molecule is CCSc1cc(C(=O)Nc2nc(-c3cc(C)ccc3OC)cs2)ccn1. The summed E-state index contributed by atoms with van der Waals surface area (Å²) < 4.78 is 5.42. The van der Waals surface area contributed by atoms with E-state index >= 15 is 0 Å². The van der Waals surface area contributed by atoms with Gasteiger partial charge in [0.15, 0.2) is 5.13 Å². The molecular formula is C19H19N3O2S2. The molecule has 0 spiro atoms. The Bertz CT molecular complexity index is 925. The molecule has 5 nitrogen and oxygen atoms in total. The van der Waals surface area contributed by atoms with Crippen LogP contribution in [-0.4, -0.2) is 28.7 Å². The molecular weight excluding hydrogens is 366 g/mol. The number of carbonyl (C=O) groups is 1. The summed E-state index contributed by atoms with van der Waals surface area (Å²) in [5.74, 6) is 1.48. The third-order valence-electron chi connectivity index (χ3n) is 3.64. The van der Waals surface area contributed by atoms with E-state index in [0.717, 1.165) is 33.3 Å². The molecule has 0 atom stereocenters. The lowest BCUT2D eigenvalue weighted by Crippen LogP contribution is -2.12. The largest absolute Gasteiger partial charge is 0.496 e. The molecule has 0 aliphatic heterocycles. The van der Waals surface area contributed by atoms with Gasteiger partial charge in [0.2, 0.25) is 0 Å². The molecule has 2 heterocycles. The Morgan fingerprint density at radius 3 is 2.92 bits per heavy atom.